The van der Waals surface area contributed by atoms with Crippen molar-refractivity contribution in [3.8, 4) is 5.75 Å². The van der Waals surface area contributed by atoms with Crippen LogP contribution in [0.1, 0.15) is 36.6 Å². The molecule has 0 spiro atoms. The summed E-state index contributed by atoms with van der Waals surface area (Å²) in [5, 5.41) is 3.33. The molecule has 1 aromatic heterocycles. The van der Waals surface area contributed by atoms with Crippen molar-refractivity contribution in [2.45, 2.75) is 40.2 Å². The first-order valence-electron chi connectivity index (χ1n) is 8.14. The summed E-state index contributed by atoms with van der Waals surface area (Å²) in [5.74, 6) is 1.80. The van der Waals surface area contributed by atoms with Gasteiger partial charge in [0.15, 0.2) is 5.96 Å². The second-order valence-electron chi connectivity index (χ2n) is 5.57. The Hall–Kier alpha value is -2.04. The normalized spacial score (nSPS) is 11.3. The number of methoxy groups -OCH3 is 1. The van der Waals surface area contributed by atoms with E-state index in [1.54, 1.807) is 7.11 Å². The Kier molecular flexibility index (Phi) is 8.16. The Labute approximate surface area is 140 Å². The molecule has 0 saturated carbocycles. The van der Waals surface area contributed by atoms with Gasteiger partial charge >= 0.3 is 0 Å². The number of pyridine rings is 1. The van der Waals surface area contributed by atoms with Gasteiger partial charge < -0.3 is 15.0 Å². The van der Waals surface area contributed by atoms with Gasteiger partial charge in [-0.2, -0.15) is 0 Å². The molecule has 0 atom stereocenters. The Bertz CT molecular complexity index is 540. The maximum Gasteiger partial charge on any atom is 0.194 e. The molecule has 0 aromatic carbocycles. The van der Waals surface area contributed by atoms with Crippen LogP contribution in [0, 0.1) is 13.8 Å². The molecular weight excluding hydrogens is 288 g/mol. The molecule has 0 amide bonds. The predicted molar refractivity (Wildman–Crippen MR) is 97.1 cm³/mol. The number of aryl methyl sites for hydroxylation is 1. The minimum atomic E-state index is 0.538. The molecule has 0 fully saturated rings. The highest BCUT2D eigenvalue weighted by molar-refractivity contribution is 5.79. The molecule has 0 radical (unpaired) electrons. The summed E-state index contributed by atoms with van der Waals surface area (Å²) in [7, 11) is 3.75. The molecule has 0 unspecified atom stereocenters. The molecule has 0 aliphatic heterocycles. The predicted octanol–water partition coefficient (Wildman–Crippen LogP) is 3.07. The molecule has 1 N–H and O–H groups in total. The van der Waals surface area contributed by atoms with Gasteiger partial charge in [-0.25, -0.2) is 4.99 Å². The fraction of sp³-hybridized carbons (Fsp3) is 0.556. The molecule has 1 aromatic rings. The van der Waals surface area contributed by atoms with E-state index in [9.17, 15) is 0 Å². The zero-order valence-corrected chi connectivity index (χ0v) is 15.1. The van der Waals surface area contributed by atoms with E-state index in [1.807, 2.05) is 26.1 Å². The van der Waals surface area contributed by atoms with Gasteiger partial charge in [0, 0.05) is 37.5 Å². The third-order valence-electron chi connectivity index (χ3n) is 3.73. The van der Waals surface area contributed by atoms with Crippen molar-refractivity contribution >= 4 is 5.96 Å². The summed E-state index contributed by atoms with van der Waals surface area (Å²) in [5.41, 5.74) is 3.05. The van der Waals surface area contributed by atoms with Crippen LogP contribution in [-0.4, -0.2) is 43.1 Å². The van der Waals surface area contributed by atoms with Crippen LogP contribution in [-0.2, 0) is 6.54 Å². The lowest BCUT2D eigenvalue weighted by Gasteiger charge is -2.22. The van der Waals surface area contributed by atoms with E-state index < -0.39 is 0 Å². The van der Waals surface area contributed by atoms with Crippen LogP contribution < -0.4 is 10.1 Å². The third kappa shape index (κ3) is 5.58. The lowest BCUT2D eigenvalue weighted by Crippen LogP contribution is -2.39. The number of allylic oxidation sites excluding steroid dienone is 1. The van der Waals surface area contributed by atoms with Gasteiger partial charge in [0.1, 0.15) is 5.75 Å². The number of aliphatic imine (C=N–C) groups is 1. The number of hydrogen-bond acceptors (Lipinski definition) is 3. The van der Waals surface area contributed by atoms with Crippen molar-refractivity contribution in [3.05, 3.63) is 35.7 Å². The molecular formula is C18H30N4O. The quantitative estimate of drug-likeness (QED) is 0.346. The van der Waals surface area contributed by atoms with E-state index in [4.69, 9.17) is 9.73 Å². The second-order valence-corrected chi connectivity index (χ2v) is 5.57. The molecule has 0 bridgehead atoms. The summed E-state index contributed by atoms with van der Waals surface area (Å²) in [6, 6.07) is 0. The number of nitrogens with one attached hydrogen (secondary N) is 1. The van der Waals surface area contributed by atoms with Gasteiger partial charge in [-0.3, -0.25) is 4.98 Å². The second kappa shape index (κ2) is 9.87. The van der Waals surface area contributed by atoms with Crippen LogP contribution in [0.15, 0.2) is 23.8 Å². The third-order valence-corrected chi connectivity index (χ3v) is 3.73. The van der Waals surface area contributed by atoms with Crippen molar-refractivity contribution in [2.24, 2.45) is 4.99 Å². The SMILES string of the molecule is C=CCCCN(C)C(=NCc1ncc(C)c(OC)c1C)NCC. The first-order chi connectivity index (χ1) is 11.0. The van der Waals surface area contributed by atoms with E-state index in [-0.39, 0.29) is 0 Å². The molecule has 128 valence electrons. The summed E-state index contributed by atoms with van der Waals surface area (Å²) >= 11 is 0. The summed E-state index contributed by atoms with van der Waals surface area (Å²) < 4.78 is 5.46. The standard InChI is InChI=1S/C18H30N4O/c1-7-9-10-11-22(5)18(19-8-2)21-13-16-15(4)17(23-6)14(3)12-20-16/h7,12H,1,8-11,13H2,2-6H3,(H,19,21). The van der Waals surface area contributed by atoms with Crippen molar-refractivity contribution in [3.63, 3.8) is 0 Å². The minimum Gasteiger partial charge on any atom is -0.496 e. The van der Waals surface area contributed by atoms with E-state index in [1.165, 1.54) is 0 Å². The van der Waals surface area contributed by atoms with Crippen LogP contribution in [0.25, 0.3) is 0 Å². The smallest absolute Gasteiger partial charge is 0.194 e. The average molecular weight is 318 g/mol. The van der Waals surface area contributed by atoms with Crippen molar-refractivity contribution in [1.82, 2.24) is 15.2 Å². The van der Waals surface area contributed by atoms with E-state index in [0.29, 0.717) is 6.54 Å². The number of hydrogen-bond donors (Lipinski definition) is 1. The number of ether oxygens (including phenoxy) is 1. The summed E-state index contributed by atoms with van der Waals surface area (Å²) in [4.78, 5) is 11.4. The summed E-state index contributed by atoms with van der Waals surface area (Å²) in [6.07, 6.45) is 5.88. The van der Waals surface area contributed by atoms with Crippen molar-refractivity contribution in [2.75, 3.05) is 27.2 Å². The van der Waals surface area contributed by atoms with Crippen LogP contribution in [0.3, 0.4) is 0 Å². The van der Waals surface area contributed by atoms with Crippen LogP contribution >= 0.6 is 0 Å². The molecule has 1 heterocycles. The highest BCUT2D eigenvalue weighted by Crippen LogP contribution is 2.24. The van der Waals surface area contributed by atoms with Crippen molar-refractivity contribution < 1.29 is 4.74 Å². The van der Waals surface area contributed by atoms with Crippen LogP contribution in [0.4, 0.5) is 0 Å². The molecule has 0 aliphatic rings. The largest absolute Gasteiger partial charge is 0.496 e. The Balaban J connectivity index is 2.86. The fourth-order valence-corrected chi connectivity index (χ4v) is 2.43. The molecule has 23 heavy (non-hydrogen) atoms. The Morgan fingerprint density at radius 2 is 2.22 bits per heavy atom. The molecule has 1 rings (SSSR count). The molecule has 5 nitrogen and oxygen atoms in total. The highest BCUT2D eigenvalue weighted by Gasteiger charge is 2.10. The van der Waals surface area contributed by atoms with Crippen molar-refractivity contribution in [1.29, 1.82) is 0 Å². The van der Waals surface area contributed by atoms with Gasteiger partial charge in [-0.05, 0) is 33.6 Å². The first kappa shape index (κ1) is 19.0. The van der Waals surface area contributed by atoms with Gasteiger partial charge in [0.05, 0.1) is 19.3 Å². The number of nitrogens with zero attached hydrogens (tertiary/aromatic N) is 3. The lowest BCUT2D eigenvalue weighted by molar-refractivity contribution is 0.407. The minimum absolute atomic E-state index is 0.538. The van der Waals surface area contributed by atoms with Gasteiger partial charge in [-0.1, -0.05) is 6.08 Å². The summed E-state index contributed by atoms with van der Waals surface area (Å²) in [6.45, 7) is 12.2. The maximum absolute atomic E-state index is 5.46. The zero-order valence-electron chi connectivity index (χ0n) is 15.1. The zero-order chi connectivity index (χ0) is 17.2. The van der Waals surface area contributed by atoms with E-state index >= 15 is 0 Å². The topological polar surface area (TPSA) is 49.8 Å². The number of aromatic nitrogens is 1. The highest BCUT2D eigenvalue weighted by atomic mass is 16.5. The Morgan fingerprint density at radius 1 is 1.48 bits per heavy atom. The molecule has 5 heteroatoms. The first-order valence-corrected chi connectivity index (χ1v) is 8.14. The monoisotopic (exact) mass is 318 g/mol. The number of unbranched alkanes of at least 4 members (excludes halogenated alkanes) is 1. The van der Waals surface area contributed by atoms with Gasteiger partial charge in [0.25, 0.3) is 0 Å². The van der Waals surface area contributed by atoms with Gasteiger partial charge in [0.2, 0.25) is 0 Å². The molecule has 0 aliphatic carbocycles. The molecule has 0 saturated heterocycles. The maximum atomic E-state index is 5.46. The van der Waals surface area contributed by atoms with Gasteiger partial charge in [-0.15, -0.1) is 6.58 Å². The van der Waals surface area contributed by atoms with E-state index in [0.717, 1.165) is 54.5 Å². The average Bonchev–Trinajstić information content (AvgIpc) is 2.53. The number of guanidine groups is 1. The Morgan fingerprint density at radius 3 is 2.83 bits per heavy atom. The van der Waals surface area contributed by atoms with Crippen LogP contribution in [0.2, 0.25) is 0 Å². The fourth-order valence-electron chi connectivity index (χ4n) is 2.43. The van der Waals surface area contributed by atoms with Crippen LogP contribution in [0.5, 0.6) is 5.75 Å². The number of rotatable bonds is 8. The van der Waals surface area contributed by atoms with E-state index in [2.05, 4.69) is 35.8 Å². The lowest BCUT2D eigenvalue weighted by atomic mass is 10.1.